The number of nitrogens with two attached hydrogens (primary N) is 3. The van der Waals surface area contributed by atoms with Crippen molar-refractivity contribution < 1.29 is 24.3 Å². The average Bonchev–Trinajstić information content (AvgIpc) is 2.21. The van der Waals surface area contributed by atoms with Crippen molar-refractivity contribution in [1.82, 2.24) is 5.32 Å². The molecule has 0 heterocycles. The zero-order valence-electron chi connectivity index (χ0n) is 9.59. The summed E-state index contributed by atoms with van der Waals surface area (Å²) in [5, 5.41) is 10.9. The molecule has 0 aromatic rings. The number of hydrogen-bond acceptors (Lipinski definition) is 5. The van der Waals surface area contributed by atoms with Gasteiger partial charge in [0, 0.05) is 6.42 Å². The minimum atomic E-state index is -1.32. The summed E-state index contributed by atoms with van der Waals surface area (Å²) in [5.41, 5.74) is 15.0. The summed E-state index contributed by atoms with van der Waals surface area (Å²) in [6.45, 7) is 0. The summed E-state index contributed by atoms with van der Waals surface area (Å²) < 4.78 is 0. The van der Waals surface area contributed by atoms with Gasteiger partial charge in [-0.2, -0.15) is 0 Å². The number of carboxylic acid groups (broad SMARTS) is 1. The fourth-order valence-electron chi connectivity index (χ4n) is 1.13. The van der Waals surface area contributed by atoms with E-state index in [1.54, 1.807) is 0 Å². The average molecular weight is 260 g/mol. The Morgan fingerprint density at radius 2 is 1.67 bits per heavy atom. The first-order valence-corrected chi connectivity index (χ1v) is 5.09. The fourth-order valence-corrected chi connectivity index (χ4v) is 1.13. The largest absolute Gasteiger partial charge is 0.480 e. The van der Waals surface area contributed by atoms with Gasteiger partial charge < -0.3 is 27.6 Å². The van der Waals surface area contributed by atoms with Crippen molar-refractivity contribution in [2.45, 2.75) is 31.3 Å². The van der Waals surface area contributed by atoms with Crippen LogP contribution in [0, 0.1) is 0 Å². The number of primary amides is 2. The highest BCUT2D eigenvalue weighted by molar-refractivity contribution is 5.90. The van der Waals surface area contributed by atoms with Crippen LogP contribution in [0.5, 0.6) is 0 Å². The van der Waals surface area contributed by atoms with Crippen molar-refractivity contribution in [3.05, 3.63) is 0 Å². The van der Waals surface area contributed by atoms with Crippen LogP contribution >= 0.6 is 0 Å². The molecule has 0 aliphatic carbocycles. The van der Waals surface area contributed by atoms with E-state index in [4.69, 9.17) is 22.3 Å². The van der Waals surface area contributed by atoms with Gasteiger partial charge in [-0.05, 0) is 6.42 Å². The minimum Gasteiger partial charge on any atom is -0.480 e. The molecule has 0 aromatic heterocycles. The molecule has 9 heteroatoms. The number of rotatable bonds is 8. The van der Waals surface area contributed by atoms with Gasteiger partial charge in [0.2, 0.25) is 17.7 Å². The molecule has 102 valence electrons. The number of hydrogen-bond donors (Lipinski definition) is 5. The Labute approximate surface area is 103 Å². The zero-order chi connectivity index (χ0) is 14.3. The van der Waals surface area contributed by atoms with Crippen molar-refractivity contribution in [2.24, 2.45) is 17.2 Å². The second-order valence-electron chi connectivity index (χ2n) is 3.68. The molecule has 8 N–H and O–H groups in total. The van der Waals surface area contributed by atoms with Crippen LogP contribution in [0.15, 0.2) is 0 Å². The van der Waals surface area contributed by atoms with Crippen LogP contribution < -0.4 is 22.5 Å². The number of aliphatic carboxylic acids is 1. The molecule has 0 radical (unpaired) electrons. The van der Waals surface area contributed by atoms with E-state index >= 15 is 0 Å². The smallest absolute Gasteiger partial charge is 0.326 e. The van der Waals surface area contributed by atoms with Crippen LogP contribution in [-0.2, 0) is 19.2 Å². The Hall–Kier alpha value is -2.16. The molecular weight excluding hydrogens is 244 g/mol. The highest BCUT2D eigenvalue weighted by atomic mass is 16.4. The lowest BCUT2D eigenvalue weighted by Gasteiger charge is -2.16. The van der Waals surface area contributed by atoms with Crippen molar-refractivity contribution in [1.29, 1.82) is 0 Å². The molecule has 0 bridgehead atoms. The van der Waals surface area contributed by atoms with Gasteiger partial charge in [0.25, 0.3) is 0 Å². The maximum absolute atomic E-state index is 11.4. The van der Waals surface area contributed by atoms with Gasteiger partial charge in [-0.25, -0.2) is 4.79 Å². The quantitative estimate of drug-likeness (QED) is 0.310. The molecule has 0 saturated heterocycles. The van der Waals surface area contributed by atoms with Gasteiger partial charge in [0.15, 0.2) is 0 Å². The van der Waals surface area contributed by atoms with Gasteiger partial charge >= 0.3 is 5.97 Å². The number of carbonyl (C=O) groups is 4. The first-order chi connectivity index (χ1) is 8.23. The number of carbonyl (C=O) groups excluding carboxylic acids is 3. The van der Waals surface area contributed by atoms with Gasteiger partial charge in [0.05, 0.1) is 12.5 Å². The lowest BCUT2D eigenvalue weighted by molar-refractivity contribution is -0.142. The van der Waals surface area contributed by atoms with Crippen molar-refractivity contribution in [3.8, 4) is 0 Å². The van der Waals surface area contributed by atoms with Crippen molar-refractivity contribution >= 4 is 23.7 Å². The van der Waals surface area contributed by atoms with Crippen LogP contribution in [0.3, 0.4) is 0 Å². The van der Waals surface area contributed by atoms with E-state index in [9.17, 15) is 19.2 Å². The predicted molar refractivity (Wildman–Crippen MR) is 59.8 cm³/mol. The second-order valence-corrected chi connectivity index (χ2v) is 3.68. The molecule has 0 aliphatic heterocycles. The molecule has 18 heavy (non-hydrogen) atoms. The molecule has 0 unspecified atom stereocenters. The third-order valence-corrected chi connectivity index (χ3v) is 2.05. The van der Waals surface area contributed by atoms with Crippen LogP contribution in [0.4, 0.5) is 0 Å². The molecule has 0 spiro atoms. The minimum absolute atomic E-state index is 0.153. The molecule has 0 saturated carbocycles. The zero-order valence-corrected chi connectivity index (χ0v) is 9.59. The van der Waals surface area contributed by atoms with Crippen molar-refractivity contribution in [2.75, 3.05) is 0 Å². The number of nitrogens with one attached hydrogen (secondary N) is 1. The molecule has 0 aliphatic rings. The Balaban J connectivity index is 4.40. The van der Waals surface area contributed by atoms with Crippen LogP contribution in [0.1, 0.15) is 19.3 Å². The highest BCUT2D eigenvalue weighted by Crippen LogP contribution is 1.99. The first kappa shape index (κ1) is 15.8. The lowest BCUT2D eigenvalue weighted by Crippen LogP contribution is -2.49. The maximum atomic E-state index is 11.4. The van der Waals surface area contributed by atoms with Crippen LogP contribution in [-0.4, -0.2) is 40.9 Å². The van der Waals surface area contributed by atoms with Crippen LogP contribution in [0.25, 0.3) is 0 Å². The predicted octanol–water partition coefficient (Wildman–Crippen LogP) is -2.98. The van der Waals surface area contributed by atoms with Gasteiger partial charge in [0.1, 0.15) is 6.04 Å². The van der Waals surface area contributed by atoms with Crippen LogP contribution in [0.2, 0.25) is 0 Å². The molecule has 0 rings (SSSR count). The molecular formula is C9H16N4O5. The topological polar surface area (TPSA) is 179 Å². The Kier molecular flexibility index (Phi) is 6.35. The second kappa shape index (κ2) is 7.22. The Bertz CT molecular complexity index is 357. The number of amides is 3. The van der Waals surface area contributed by atoms with E-state index in [-0.39, 0.29) is 12.8 Å². The molecule has 9 nitrogen and oxygen atoms in total. The summed E-state index contributed by atoms with van der Waals surface area (Å²) in [6.07, 6.45) is -0.740. The number of carboxylic acids is 1. The SMILES string of the molecule is NC(=O)CC[C@H](NC(=O)[C@@H](N)CC(N)=O)C(=O)O. The van der Waals surface area contributed by atoms with Gasteiger partial charge in [-0.15, -0.1) is 0 Å². The standard InChI is InChI=1S/C9H16N4O5/c10-4(3-7(12)15)8(16)13-5(9(17)18)1-2-6(11)14/h4-5H,1-3,10H2,(H2,11,14)(H2,12,15)(H,13,16)(H,17,18)/t4-,5-/m0/s1. The molecule has 0 aromatic carbocycles. The third kappa shape index (κ3) is 6.43. The summed E-state index contributed by atoms with van der Waals surface area (Å²) >= 11 is 0. The summed E-state index contributed by atoms with van der Waals surface area (Å²) in [6, 6.07) is -2.51. The summed E-state index contributed by atoms with van der Waals surface area (Å²) in [5.74, 6) is -3.61. The summed E-state index contributed by atoms with van der Waals surface area (Å²) in [7, 11) is 0. The Morgan fingerprint density at radius 3 is 2.06 bits per heavy atom. The summed E-state index contributed by atoms with van der Waals surface area (Å²) in [4.78, 5) is 43.3. The fraction of sp³-hybridized carbons (Fsp3) is 0.556. The van der Waals surface area contributed by atoms with E-state index in [0.29, 0.717) is 0 Å². The Morgan fingerprint density at radius 1 is 1.11 bits per heavy atom. The van der Waals surface area contributed by atoms with Gasteiger partial charge in [-0.3, -0.25) is 14.4 Å². The third-order valence-electron chi connectivity index (χ3n) is 2.05. The van der Waals surface area contributed by atoms with Gasteiger partial charge in [-0.1, -0.05) is 0 Å². The normalized spacial score (nSPS) is 13.4. The van der Waals surface area contributed by atoms with E-state index in [2.05, 4.69) is 5.32 Å². The first-order valence-electron chi connectivity index (χ1n) is 5.09. The highest BCUT2D eigenvalue weighted by Gasteiger charge is 2.24. The molecule has 3 amide bonds. The van der Waals surface area contributed by atoms with E-state index in [1.807, 2.05) is 0 Å². The maximum Gasteiger partial charge on any atom is 0.326 e. The molecule has 0 fully saturated rings. The lowest BCUT2D eigenvalue weighted by atomic mass is 10.1. The molecule has 2 atom stereocenters. The monoisotopic (exact) mass is 260 g/mol. The van der Waals surface area contributed by atoms with E-state index < -0.39 is 42.2 Å². The van der Waals surface area contributed by atoms with Crippen molar-refractivity contribution in [3.63, 3.8) is 0 Å². The van der Waals surface area contributed by atoms with E-state index in [0.717, 1.165) is 0 Å². The van der Waals surface area contributed by atoms with E-state index in [1.165, 1.54) is 0 Å².